The molecule has 7 nitrogen and oxygen atoms in total. The van der Waals surface area contributed by atoms with Gasteiger partial charge in [-0.2, -0.15) is 5.26 Å². The number of amides is 1. The highest BCUT2D eigenvalue weighted by molar-refractivity contribution is 7.99. The van der Waals surface area contributed by atoms with Crippen LogP contribution in [0.25, 0.3) is 11.0 Å². The number of aromatic nitrogens is 2. The molecule has 0 bridgehead atoms. The molecule has 0 fully saturated rings. The lowest BCUT2D eigenvalue weighted by Gasteiger charge is -2.07. The van der Waals surface area contributed by atoms with Crippen LogP contribution in [0, 0.1) is 11.3 Å². The molecule has 0 aliphatic rings. The number of nitriles is 1. The van der Waals surface area contributed by atoms with Crippen molar-refractivity contribution in [1.82, 2.24) is 14.9 Å². The number of hydrogen-bond acceptors (Lipinski definition) is 6. The van der Waals surface area contributed by atoms with Gasteiger partial charge in [0.1, 0.15) is 0 Å². The van der Waals surface area contributed by atoms with Gasteiger partial charge in [0.25, 0.3) is 5.91 Å². The largest absolute Gasteiger partial charge is 0.455 e. The molecule has 0 radical (unpaired) electrons. The number of nitrogens with zero attached hydrogens (tertiary/aromatic N) is 3. The van der Waals surface area contributed by atoms with E-state index in [4.69, 9.17) is 10.00 Å². The van der Waals surface area contributed by atoms with Crippen molar-refractivity contribution in [1.29, 1.82) is 5.26 Å². The number of aryl methyl sites for hydroxylation is 1. The van der Waals surface area contributed by atoms with Gasteiger partial charge in [-0.25, -0.2) is 4.98 Å². The molecule has 0 atom stereocenters. The van der Waals surface area contributed by atoms with E-state index in [1.165, 1.54) is 11.8 Å². The topological polar surface area (TPSA) is 97.0 Å². The first-order chi connectivity index (χ1) is 12.2. The van der Waals surface area contributed by atoms with Crippen LogP contribution in [0.1, 0.15) is 19.8 Å². The van der Waals surface area contributed by atoms with Crippen LogP contribution in [0.15, 0.2) is 29.4 Å². The Morgan fingerprint density at radius 1 is 1.40 bits per heavy atom. The fraction of sp³-hybridized carbons (Fsp3) is 0.412. The van der Waals surface area contributed by atoms with Crippen LogP contribution in [0.4, 0.5) is 0 Å². The predicted molar refractivity (Wildman–Crippen MR) is 94.9 cm³/mol. The average Bonchev–Trinajstić information content (AvgIpc) is 2.96. The van der Waals surface area contributed by atoms with Gasteiger partial charge in [-0.3, -0.25) is 9.59 Å². The number of para-hydroxylation sites is 2. The van der Waals surface area contributed by atoms with E-state index in [0.717, 1.165) is 29.2 Å². The van der Waals surface area contributed by atoms with Gasteiger partial charge in [0, 0.05) is 13.1 Å². The third-order valence-corrected chi connectivity index (χ3v) is 4.26. The lowest BCUT2D eigenvalue weighted by Crippen LogP contribution is -2.29. The Morgan fingerprint density at radius 3 is 2.96 bits per heavy atom. The summed E-state index contributed by atoms with van der Waals surface area (Å²) in [6, 6.07) is 9.76. The van der Waals surface area contributed by atoms with E-state index >= 15 is 0 Å². The Balaban J connectivity index is 1.87. The average molecular weight is 360 g/mol. The highest BCUT2D eigenvalue weighted by Gasteiger charge is 2.13. The first-order valence-electron chi connectivity index (χ1n) is 8.03. The molecule has 132 valence electrons. The molecule has 0 aliphatic heterocycles. The third kappa shape index (κ3) is 5.50. The van der Waals surface area contributed by atoms with Crippen LogP contribution in [0.5, 0.6) is 0 Å². The Kier molecular flexibility index (Phi) is 7.29. The lowest BCUT2D eigenvalue weighted by atomic mass is 10.3. The van der Waals surface area contributed by atoms with E-state index in [1.54, 1.807) is 0 Å². The maximum absolute atomic E-state index is 11.8. The van der Waals surface area contributed by atoms with Crippen molar-refractivity contribution in [2.75, 3.05) is 18.9 Å². The molecular formula is C17H20N4O3S. The van der Waals surface area contributed by atoms with Gasteiger partial charge >= 0.3 is 5.97 Å². The van der Waals surface area contributed by atoms with Crippen LogP contribution < -0.4 is 5.32 Å². The number of carbonyl (C=O) groups excluding carboxylic acids is 2. The summed E-state index contributed by atoms with van der Waals surface area (Å²) in [4.78, 5) is 27.8. The molecule has 2 rings (SSSR count). The molecule has 1 heterocycles. The summed E-state index contributed by atoms with van der Waals surface area (Å²) in [5, 5.41) is 11.6. The van der Waals surface area contributed by atoms with Crippen LogP contribution in [0.2, 0.25) is 0 Å². The second-order valence-electron chi connectivity index (χ2n) is 5.24. The van der Waals surface area contributed by atoms with Crippen molar-refractivity contribution in [3.05, 3.63) is 24.3 Å². The van der Waals surface area contributed by atoms with Crippen molar-refractivity contribution in [3.8, 4) is 6.07 Å². The zero-order valence-electron chi connectivity index (χ0n) is 14.0. The number of esters is 1. The summed E-state index contributed by atoms with van der Waals surface area (Å²) in [7, 11) is 0. The number of imidazole rings is 1. The number of rotatable bonds is 9. The van der Waals surface area contributed by atoms with Crippen LogP contribution >= 0.6 is 11.8 Å². The molecule has 0 saturated carbocycles. The zero-order valence-corrected chi connectivity index (χ0v) is 14.8. The van der Waals surface area contributed by atoms with Crippen molar-refractivity contribution >= 4 is 34.7 Å². The fourth-order valence-corrected chi connectivity index (χ4v) is 3.06. The number of hydrogen-bond donors (Lipinski definition) is 1. The van der Waals surface area contributed by atoms with E-state index in [-0.39, 0.29) is 25.3 Å². The quantitative estimate of drug-likeness (QED) is 0.418. The van der Waals surface area contributed by atoms with Gasteiger partial charge in [-0.1, -0.05) is 30.8 Å². The Morgan fingerprint density at radius 2 is 2.20 bits per heavy atom. The van der Waals surface area contributed by atoms with E-state index < -0.39 is 11.9 Å². The predicted octanol–water partition coefficient (Wildman–Crippen LogP) is 2.11. The van der Waals surface area contributed by atoms with Gasteiger partial charge in [0.15, 0.2) is 11.8 Å². The number of carbonyl (C=O) groups is 2. The minimum atomic E-state index is -0.476. The molecule has 0 spiro atoms. The molecule has 1 aromatic heterocycles. The zero-order chi connectivity index (χ0) is 18.1. The normalized spacial score (nSPS) is 10.4. The third-order valence-electron chi connectivity index (χ3n) is 3.31. The number of benzene rings is 1. The second kappa shape index (κ2) is 9.69. The Bertz CT molecular complexity index is 782. The molecule has 25 heavy (non-hydrogen) atoms. The molecule has 0 unspecified atom stereocenters. The highest BCUT2D eigenvalue weighted by Crippen LogP contribution is 2.24. The summed E-state index contributed by atoms with van der Waals surface area (Å²) in [5.74, 6) is -0.805. The van der Waals surface area contributed by atoms with E-state index in [2.05, 4.69) is 21.8 Å². The fourth-order valence-electron chi connectivity index (χ4n) is 2.22. The van der Waals surface area contributed by atoms with Crippen molar-refractivity contribution in [2.45, 2.75) is 31.5 Å². The highest BCUT2D eigenvalue weighted by atomic mass is 32.2. The number of fused-ring (bicyclic) bond motifs is 1. The standard InChI is InChI=1S/C17H20N4O3S/c1-2-10-21-14-7-4-3-6-13(14)20-17(21)25-12-16(23)24-11-15(22)19-9-5-8-18/h3-4,6-7H,2,5,9-12H2,1H3,(H,19,22). The van der Waals surface area contributed by atoms with Crippen LogP contribution in [-0.4, -0.2) is 40.3 Å². The summed E-state index contributed by atoms with van der Waals surface area (Å²) in [6.45, 7) is 2.82. The molecular weight excluding hydrogens is 340 g/mol. The summed E-state index contributed by atoms with van der Waals surface area (Å²) < 4.78 is 7.02. The van der Waals surface area contributed by atoms with Crippen LogP contribution in [0.3, 0.4) is 0 Å². The molecule has 0 aliphatic carbocycles. The molecule has 1 amide bonds. The Labute approximate surface area is 150 Å². The van der Waals surface area contributed by atoms with Gasteiger partial charge in [0.2, 0.25) is 0 Å². The van der Waals surface area contributed by atoms with Gasteiger partial charge < -0.3 is 14.6 Å². The van der Waals surface area contributed by atoms with Crippen molar-refractivity contribution < 1.29 is 14.3 Å². The Hall–Kier alpha value is -2.53. The lowest BCUT2D eigenvalue weighted by molar-refractivity contribution is -0.145. The second-order valence-corrected chi connectivity index (χ2v) is 6.18. The van der Waals surface area contributed by atoms with Gasteiger partial charge in [0.05, 0.1) is 29.3 Å². The summed E-state index contributed by atoms with van der Waals surface area (Å²) >= 11 is 1.30. The molecule has 1 aromatic carbocycles. The minimum absolute atomic E-state index is 0.0819. The van der Waals surface area contributed by atoms with Crippen LogP contribution in [-0.2, 0) is 20.9 Å². The molecule has 1 N–H and O–H groups in total. The van der Waals surface area contributed by atoms with E-state index in [9.17, 15) is 9.59 Å². The molecule has 0 saturated heterocycles. The molecule has 2 aromatic rings. The van der Waals surface area contributed by atoms with Crippen molar-refractivity contribution in [2.24, 2.45) is 0 Å². The monoisotopic (exact) mass is 360 g/mol. The summed E-state index contributed by atoms with van der Waals surface area (Å²) in [5.41, 5.74) is 1.93. The van der Waals surface area contributed by atoms with Gasteiger partial charge in [-0.05, 0) is 18.6 Å². The molecule has 8 heteroatoms. The van der Waals surface area contributed by atoms with Crippen molar-refractivity contribution in [3.63, 3.8) is 0 Å². The maximum atomic E-state index is 11.8. The SMILES string of the molecule is CCCn1c(SCC(=O)OCC(=O)NCCC#N)nc2ccccc21. The van der Waals surface area contributed by atoms with E-state index in [0.29, 0.717) is 0 Å². The summed E-state index contributed by atoms with van der Waals surface area (Å²) in [6.07, 6.45) is 1.18. The minimum Gasteiger partial charge on any atom is -0.455 e. The first kappa shape index (κ1) is 18.8. The maximum Gasteiger partial charge on any atom is 0.316 e. The van der Waals surface area contributed by atoms with E-state index in [1.807, 2.05) is 30.3 Å². The smallest absolute Gasteiger partial charge is 0.316 e. The van der Waals surface area contributed by atoms with Gasteiger partial charge in [-0.15, -0.1) is 0 Å². The number of nitrogens with one attached hydrogen (secondary N) is 1. The number of ether oxygens (including phenoxy) is 1. The number of thioether (sulfide) groups is 1. The first-order valence-corrected chi connectivity index (χ1v) is 9.01.